The molecule has 0 aliphatic heterocycles. The molecule has 0 spiro atoms. The molecule has 0 aliphatic rings. The summed E-state index contributed by atoms with van der Waals surface area (Å²) in [5.41, 5.74) is -0.428. The van der Waals surface area contributed by atoms with Crippen LogP contribution in [0.1, 0.15) is 19.1 Å². The van der Waals surface area contributed by atoms with E-state index in [0.29, 0.717) is 16.9 Å². The number of carbonyl (C=O) groups excluding carboxylic acids is 1. The number of hydrogen-bond donors (Lipinski definition) is 1. The van der Waals surface area contributed by atoms with E-state index in [-0.39, 0.29) is 0 Å². The van der Waals surface area contributed by atoms with Crippen LogP contribution in [0.3, 0.4) is 0 Å². The predicted molar refractivity (Wildman–Crippen MR) is 46.8 cm³/mol. The van der Waals surface area contributed by atoms with Gasteiger partial charge in [-0.3, -0.25) is 4.79 Å². The summed E-state index contributed by atoms with van der Waals surface area (Å²) in [6, 6.07) is 0.783. The Balaban J connectivity index is 2.96. The predicted octanol–water partition coefficient (Wildman–Crippen LogP) is 0.581. The zero-order valence-corrected chi connectivity index (χ0v) is 7.66. The number of aryl methyl sites for hydroxylation is 1. The van der Waals surface area contributed by atoms with Crippen molar-refractivity contribution in [3.05, 3.63) is 22.2 Å². The van der Waals surface area contributed by atoms with Gasteiger partial charge in [-0.15, -0.1) is 0 Å². The maximum atomic E-state index is 11.1. The van der Waals surface area contributed by atoms with Crippen LogP contribution in [0.5, 0.6) is 0 Å². The second kappa shape index (κ2) is 3.93. The molecule has 0 fully saturated rings. The Morgan fingerprint density at radius 1 is 1.69 bits per heavy atom. The maximum absolute atomic E-state index is 11.1. The summed E-state index contributed by atoms with van der Waals surface area (Å²) in [5.74, 6) is 0.538. The van der Waals surface area contributed by atoms with Crippen LogP contribution in [0.25, 0.3) is 0 Å². The molecule has 0 aliphatic carbocycles. The lowest BCUT2D eigenvalue weighted by Gasteiger charge is -1.95. The van der Waals surface area contributed by atoms with Gasteiger partial charge in [-0.05, 0) is 6.42 Å². The first-order valence-electron chi connectivity index (χ1n) is 4.13. The second-order valence-corrected chi connectivity index (χ2v) is 2.64. The summed E-state index contributed by atoms with van der Waals surface area (Å²) in [6.07, 6.45) is 1.54. The van der Waals surface area contributed by atoms with Gasteiger partial charge in [0.1, 0.15) is 5.76 Å². The van der Waals surface area contributed by atoms with Gasteiger partial charge >= 0.3 is 6.03 Å². The van der Waals surface area contributed by atoms with Crippen molar-refractivity contribution in [1.82, 2.24) is 10.1 Å². The fourth-order valence-electron chi connectivity index (χ4n) is 0.992. The number of carbonyl (C=O) groups is 1. The van der Waals surface area contributed by atoms with Crippen LogP contribution in [0.4, 0.5) is 4.79 Å². The summed E-state index contributed by atoms with van der Waals surface area (Å²) < 4.78 is 5.71. The summed E-state index contributed by atoms with van der Waals surface area (Å²) in [5, 5.41) is 2.31. The third kappa shape index (κ3) is 1.99. The fraction of sp³-hybridized carbons (Fsp3) is 0.500. The van der Waals surface area contributed by atoms with Crippen LogP contribution in [0.2, 0.25) is 0 Å². The van der Waals surface area contributed by atoms with E-state index in [2.05, 4.69) is 5.32 Å². The molecular weight excluding hydrogens is 172 g/mol. The van der Waals surface area contributed by atoms with Gasteiger partial charge in [-0.1, -0.05) is 11.7 Å². The third-order valence-electron chi connectivity index (χ3n) is 1.59. The second-order valence-electron chi connectivity index (χ2n) is 2.64. The van der Waals surface area contributed by atoms with Gasteiger partial charge in [0.25, 0.3) is 5.56 Å². The molecule has 0 unspecified atom stereocenters. The minimum Gasteiger partial charge on any atom is -0.372 e. The van der Waals surface area contributed by atoms with E-state index in [0.717, 1.165) is 6.42 Å². The van der Waals surface area contributed by atoms with Crippen molar-refractivity contribution in [2.75, 3.05) is 7.05 Å². The summed E-state index contributed by atoms with van der Waals surface area (Å²) in [4.78, 5) is 22.1. The molecule has 1 amide bonds. The Morgan fingerprint density at radius 2 is 2.38 bits per heavy atom. The number of hydrogen-bond acceptors (Lipinski definition) is 3. The highest BCUT2D eigenvalue weighted by atomic mass is 16.5. The van der Waals surface area contributed by atoms with Crippen LogP contribution in [0, 0.1) is 0 Å². The lowest BCUT2D eigenvalue weighted by molar-refractivity contribution is 0.206. The molecule has 0 aromatic carbocycles. The van der Waals surface area contributed by atoms with Gasteiger partial charge in [0, 0.05) is 19.5 Å². The van der Waals surface area contributed by atoms with Crippen LogP contribution < -0.4 is 10.9 Å². The standard InChI is InChI=1S/C8H12N2O3/c1-3-4-6-5-7(11)10(13-6)8(12)9-2/h5H,3-4H2,1-2H3,(H,9,12). The number of aromatic nitrogens is 1. The molecule has 1 rings (SSSR count). The number of nitrogens with zero attached hydrogens (tertiary/aromatic N) is 1. The molecule has 72 valence electrons. The van der Waals surface area contributed by atoms with Gasteiger partial charge in [-0.2, -0.15) is 0 Å². The smallest absolute Gasteiger partial charge is 0.358 e. The minimum absolute atomic E-state index is 0.428. The molecule has 1 N–H and O–H groups in total. The largest absolute Gasteiger partial charge is 0.372 e. The van der Waals surface area contributed by atoms with Crippen molar-refractivity contribution in [2.24, 2.45) is 0 Å². The maximum Gasteiger partial charge on any atom is 0.358 e. The molecule has 5 heteroatoms. The highest BCUT2D eigenvalue weighted by molar-refractivity contribution is 5.74. The van der Waals surface area contributed by atoms with Crippen molar-refractivity contribution >= 4 is 6.03 Å². The third-order valence-corrected chi connectivity index (χ3v) is 1.59. The number of nitrogens with one attached hydrogen (secondary N) is 1. The minimum atomic E-state index is -0.549. The van der Waals surface area contributed by atoms with Crippen LogP contribution in [-0.2, 0) is 6.42 Å². The van der Waals surface area contributed by atoms with E-state index in [9.17, 15) is 9.59 Å². The van der Waals surface area contributed by atoms with E-state index in [1.54, 1.807) is 0 Å². The molecule has 1 aromatic heterocycles. The Morgan fingerprint density at radius 3 is 2.92 bits per heavy atom. The lowest BCUT2D eigenvalue weighted by atomic mass is 10.3. The van der Waals surface area contributed by atoms with E-state index in [4.69, 9.17) is 4.52 Å². The molecule has 5 nitrogen and oxygen atoms in total. The highest BCUT2D eigenvalue weighted by Crippen LogP contribution is 1.99. The number of rotatable bonds is 2. The lowest BCUT2D eigenvalue weighted by Crippen LogP contribution is -2.30. The zero-order valence-electron chi connectivity index (χ0n) is 7.66. The monoisotopic (exact) mass is 184 g/mol. The Labute approximate surface area is 75.3 Å². The van der Waals surface area contributed by atoms with Gasteiger partial charge in [0.2, 0.25) is 0 Å². The topological polar surface area (TPSA) is 64.2 Å². The highest BCUT2D eigenvalue weighted by Gasteiger charge is 2.10. The van der Waals surface area contributed by atoms with Crippen molar-refractivity contribution in [2.45, 2.75) is 19.8 Å². The average molecular weight is 184 g/mol. The Kier molecular flexibility index (Phi) is 2.89. The van der Waals surface area contributed by atoms with Gasteiger partial charge in [0.15, 0.2) is 0 Å². The first-order chi connectivity index (χ1) is 6.19. The van der Waals surface area contributed by atoms with E-state index >= 15 is 0 Å². The quantitative estimate of drug-likeness (QED) is 0.731. The van der Waals surface area contributed by atoms with Gasteiger partial charge < -0.3 is 9.84 Å². The van der Waals surface area contributed by atoms with Crippen molar-refractivity contribution in [1.29, 1.82) is 0 Å². The molecule has 0 atom stereocenters. The SMILES string of the molecule is CCCc1cc(=O)n(C(=O)NC)o1. The van der Waals surface area contributed by atoms with Crippen LogP contribution in [-0.4, -0.2) is 17.8 Å². The molecule has 0 bridgehead atoms. The Bertz CT molecular complexity index is 351. The van der Waals surface area contributed by atoms with Crippen LogP contribution >= 0.6 is 0 Å². The summed E-state index contributed by atoms with van der Waals surface area (Å²) >= 11 is 0. The van der Waals surface area contributed by atoms with Crippen LogP contribution in [0.15, 0.2) is 15.4 Å². The Hall–Kier alpha value is -1.52. The molecule has 13 heavy (non-hydrogen) atoms. The average Bonchev–Trinajstić information content (AvgIpc) is 2.46. The normalized spacial score (nSPS) is 10.0. The van der Waals surface area contributed by atoms with E-state index < -0.39 is 11.6 Å². The van der Waals surface area contributed by atoms with Crippen molar-refractivity contribution in [3.8, 4) is 0 Å². The van der Waals surface area contributed by atoms with Crippen molar-refractivity contribution < 1.29 is 9.32 Å². The molecule has 1 aromatic rings. The fourth-order valence-corrected chi connectivity index (χ4v) is 0.992. The molecule has 1 heterocycles. The molecule has 0 saturated heterocycles. The zero-order chi connectivity index (χ0) is 9.84. The first kappa shape index (κ1) is 9.57. The van der Waals surface area contributed by atoms with Crippen molar-refractivity contribution in [3.63, 3.8) is 0 Å². The van der Waals surface area contributed by atoms with Gasteiger partial charge in [-0.25, -0.2) is 4.79 Å². The van der Waals surface area contributed by atoms with Gasteiger partial charge in [0.05, 0.1) is 0 Å². The van der Waals surface area contributed by atoms with E-state index in [1.165, 1.54) is 13.1 Å². The van der Waals surface area contributed by atoms with E-state index in [1.807, 2.05) is 6.92 Å². The molecule has 0 radical (unpaired) electrons. The molecular formula is C8H12N2O3. The first-order valence-corrected chi connectivity index (χ1v) is 4.13. The molecule has 0 saturated carbocycles. The summed E-state index contributed by atoms with van der Waals surface area (Å²) in [7, 11) is 1.44. The number of amides is 1. The summed E-state index contributed by atoms with van der Waals surface area (Å²) in [6.45, 7) is 1.97.